The Balaban J connectivity index is 1.69. The summed E-state index contributed by atoms with van der Waals surface area (Å²) >= 11 is 0. The molecule has 24 heavy (non-hydrogen) atoms. The SMILES string of the molecule is FC1(F)CC(Nc2ncnc(Nc3ccnc(C(F)(F)F)c3)n2)C1. The molecule has 2 heterocycles. The molecule has 6 nitrogen and oxygen atoms in total. The van der Waals surface area contributed by atoms with Gasteiger partial charge < -0.3 is 10.6 Å². The maximum absolute atomic E-state index is 12.8. The molecule has 11 heteroatoms. The van der Waals surface area contributed by atoms with Crippen molar-refractivity contribution < 1.29 is 22.0 Å². The van der Waals surface area contributed by atoms with Crippen molar-refractivity contribution in [3.05, 3.63) is 30.4 Å². The molecule has 2 aromatic rings. The van der Waals surface area contributed by atoms with Crippen molar-refractivity contribution in [3.63, 3.8) is 0 Å². The molecule has 0 unspecified atom stereocenters. The van der Waals surface area contributed by atoms with Crippen molar-refractivity contribution in [1.82, 2.24) is 19.9 Å². The van der Waals surface area contributed by atoms with Gasteiger partial charge in [-0.2, -0.15) is 18.2 Å². The van der Waals surface area contributed by atoms with Gasteiger partial charge in [-0.25, -0.2) is 18.7 Å². The molecule has 0 saturated heterocycles. The van der Waals surface area contributed by atoms with Gasteiger partial charge >= 0.3 is 6.18 Å². The van der Waals surface area contributed by atoms with Crippen LogP contribution in [0.2, 0.25) is 0 Å². The van der Waals surface area contributed by atoms with Crippen LogP contribution >= 0.6 is 0 Å². The van der Waals surface area contributed by atoms with Gasteiger partial charge in [0, 0.05) is 30.8 Å². The number of alkyl halides is 5. The van der Waals surface area contributed by atoms with Crippen LogP contribution in [0.15, 0.2) is 24.7 Å². The Bertz CT molecular complexity index is 727. The highest BCUT2D eigenvalue weighted by Gasteiger charge is 2.45. The molecule has 0 aliphatic heterocycles. The van der Waals surface area contributed by atoms with Gasteiger partial charge in [0.2, 0.25) is 11.9 Å². The molecule has 3 rings (SSSR count). The first-order valence-corrected chi connectivity index (χ1v) is 6.85. The quantitative estimate of drug-likeness (QED) is 0.828. The van der Waals surface area contributed by atoms with Crippen LogP contribution in [0.5, 0.6) is 0 Å². The number of nitrogens with one attached hydrogen (secondary N) is 2. The number of nitrogens with zero attached hydrogens (tertiary/aromatic N) is 4. The summed E-state index contributed by atoms with van der Waals surface area (Å²) in [5.41, 5.74) is -0.971. The molecule has 0 aromatic carbocycles. The fourth-order valence-corrected chi connectivity index (χ4v) is 2.16. The Morgan fingerprint density at radius 1 is 1.08 bits per heavy atom. The Morgan fingerprint density at radius 2 is 1.79 bits per heavy atom. The Kier molecular flexibility index (Phi) is 3.93. The minimum Gasteiger partial charge on any atom is -0.351 e. The van der Waals surface area contributed by atoms with Gasteiger partial charge in [-0.1, -0.05) is 0 Å². The molecule has 128 valence electrons. The number of rotatable bonds is 4. The third-order valence-electron chi connectivity index (χ3n) is 3.30. The van der Waals surface area contributed by atoms with Gasteiger partial charge in [0.05, 0.1) is 0 Å². The molecule has 0 atom stereocenters. The molecule has 1 aliphatic rings. The molecule has 0 bridgehead atoms. The van der Waals surface area contributed by atoms with Gasteiger partial charge in [0.1, 0.15) is 12.0 Å². The van der Waals surface area contributed by atoms with E-state index in [1.54, 1.807) is 0 Å². The number of hydrogen-bond donors (Lipinski definition) is 2. The van der Waals surface area contributed by atoms with Gasteiger partial charge in [0.15, 0.2) is 0 Å². The molecule has 0 radical (unpaired) electrons. The molecule has 0 amide bonds. The van der Waals surface area contributed by atoms with E-state index in [4.69, 9.17) is 0 Å². The van der Waals surface area contributed by atoms with E-state index in [-0.39, 0.29) is 30.4 Å². The Morgan fingerprint density at radius 3 is 2.46 bits per heavy atom. The zero-order valence-electron chi connectivity index (χ0n) is 12.0. The lowest BCUT2D eigenvalue weighted by Crippen LogP contribution is -2.44. The molecule has 1 saturated carbocycles. The zero-order valence-corrected chi connectivity index (χ0v) is 12.0. The summed E-state index contributed by atoms with van der Waals surface area (Å²) in [5.74, 6) is -2.63. The van der Waals surface area contributed by atoms with E-state index < -0.39 is 23.8 Å². The Hall–Kier alpha value is -2.59. The maximum atomic E-state index is 12.8. The van der Waals surface area contributed by atoms with Crippen LogP contribution in [0.3, 0.4) is 0 Å². The van der Waals surface area contributed by atoms with Crippen LogP contribution in [0, 0.1) is 0 Å². The van der Waals surface area contributed by atoms with Crippen molar-refractivity contribution in [2.24, 2.45) is 0 Å². The summed E-state index contributed by atoms with van der Waals surface area (Å²) in [6, 6.07) is 1.68. The van der Waals surface area contributed by atoms with Crippen molar-refractivity contribution >= 4 is 17.6 Å². The number of halogens is 5. The third-order valence-corrected chi connectivity index (χ3v) is 3.30. The topological polar surface area (TPSA) is 75.6 Å². The predicted molar refractivity (Wildman–Crippen MR) is 73.9 cm³/mol. The molecular formula is C13H11F5N6. The molecular weight excluding hydrogens is 335 g/mol. The van der Waals surface area contributed by atoms with Crippen LogP contribution in [0.25, 0.3) is 0 Å². The minimum atomic E-state index is -4.57. The second-order valence-electron chi connectivity index (χ2n) is 5.29. The number of anilines is 3. The monoisotopic (exact) mass is 346 g/mol. The molecule has 2 N–H and O–H groups in total. The normalized spacial score (nSPS) is 17.2. The van der Waals surface area contributed by atoms with Gasteiger partial charge in [-0.3, -0.25) is 4.98 Å². The zero-order chi connectivity index (χ0) is 17.4. The van der Waals surface area contributed by atoms with Crippen molar-refractivity contribution in [3.8, 4) is 0 Å². The second-order valence-corrected chi connectivity index (χ2v) is 5.29. The van der Waals surface area contributed by atoms with Crippen molar-refractivity contribution in [2.45, 2.75) is 31.0 Å². The average molecular weight is 346 g/mol. The molecule has 2 aromatic heterocycles. The number of hydrogen-bond acceptors (Lipinski definition) is 6. The van der Waals surface area contributed by atoms with Gasteiger partial charge in [-0.15, -0.1) is 0 Å². The highest BCUT2D eigenvalue weighted by molar-refractivity contribution is 5.54. The third kappa shape index (κ3) is 3.84. The van der Waals surface area contributed by atoms with Crippen LogP contribution in [0.4, 0.5) is 39.5 Å². The first-order chi connectivity index (χ1) is 11.2. The smallest absolute Gasteiger partial charge is 0.351 e. The summed E-state index contributed by atoms with van der Waals surface area (Å²) in [6.45, 7) is 0. The first-order valence-electron chi connectivity index (χ1n) is 6.85. The van der Waals surface area contributed by atoms with E-state index in [9.17, 15) is 22.0 Å². The van der Waals surface area contributed by atoms with Crippen LogP contribution in [0.1, 0.15) is 18.5 Å². The summed E-state index contributed by atoms with van der Waals surface area (Å²) < 4.78 is 63.4. The average Bonchev–Trinajstić information content (AvgIpc) is 2.45. The highest BCUT2D eigenvalue weighted by Crippen LogP contribution is 2.38. The lowest BCUT2D eigenvalue weighted by atomic mass is 9.88. The second kappa shape index (κ2) is 5.80. The molecule has 1 aliphatic carbocycles. The number of pyridine rings is 1. The molecule has 1 fully saturated rings. The van der Waals surface area contributed by atoms with Gasteiger partial charge in [0.25, 0.3) is 5.92 Å². The lowest BCUT2D eigenvalue weighted by molar-refractivity contribution is -0.141. The van der Waals surface area contributed by atoms with Crippen LogP contribution in [-0.4, -0.2) is 31.9 Å². The van der Waals surface area contributed by atoms with E-state index >= 15 is 0 Å². The lowest BCUT2D eigenvalue weighted by Gasteiger charge is -2.35. The summed E-state index contributed by atoms with van der Waals surface area (Å²) in [7, 11) is 0. The van der Waals surface area contributed by atoms with E-state index in [1.165, 1.54) is 6.07 Å². The van der Waals surface area contributed by atoms with E-state index in [2.05, 4.69) is 30.6 Å². The first kappa shape index (κ1) is 16.3. The minimum absolute atomic E-state index is 0.0158. The van der Waals surface area contributed by atoms with Crippen molar-refractivity contribution in [1.29, 1.82) is 0 Å². The summed E-state index contributed by atoms with van der Waals surface area (Å²) in [6.07, 6.45) is -3.08. The predicted octanol–water partition coefficient (Wildman–Crippen LogP) is 3.24. The summed E-state index contributed by atoms with van der Waals surface area (Å²) in [5, 5.41) is 5.31. The molecule has 0 spiro atoms. The largest absolute Gasteiger partial charge is 0.433 e. The summed E-state index contributed by atoms with van der Waals surface area (Å²) in [4.78, 5) is 14.8. The fourth-order valence-electron chi connectivity index (χ4n) is 2.16. The van der Waals surface area contributed by atoms with E-state index in [1.807, 2.05) is 0 Å². The Labute approximate surface area is 132 Å². The van der Waals surface area contributed by atoms with Gasteiger partial charge in [-0.05, 0) is 12.1 Å². The standard InChI is InChI=1S/C13H11F5N6/c14-12(15)4-8(5-12)23-11-21-6-20-10(24-11)22-7-1-2-19-9(3-7)13(16,17)18/h1-3,6,8H,4-5H2,(H2,19,20,21,22,23,24). The van der Waals surface area contributed by atoms with Crippen LogP contribution in [-0.2, 0) is 6.18 Å². The van der Waals surface area contributed by atoms with E-state index in [0.29, 0.717) is 0 Å². The highest BCUT2D eigenvalue weighted by atomic mass is 19.4. The fraction of sp³-hybridized carbons (Fsp3) is 0.385. The van der Waals surface area contributed by atoms with Crippen molar-refractivity contribution in [2.75, 3.05) is 10.6 Å². The van der Waals surface area contributed by atoms with Crippen LogP contribution < -0.4 is 10.6 Å². The maximum Gasteiger partial charge on any atom is 0.433 e. The van der Waals surface area contributed by atoms with E-state index in [0.717, 1.165) is 18.6 Å². The number of aromatic nitrogens is 4.